The molecule has 3 rings (SSSR count). The molecule has 7 heteroatoms. The Morgan fingerprint density at radius 1 is 1.17 bits per heavy atom. The first kappa shape index (κ1) is 20.7. The van der Waals surface area contributed by atoms with Gasteiger partial charge in [0.25, 0.3) is 5.91 Å². The number of hydrogen-bond donors (Lipinski definition) is 1. The fourth-order valence-electron chi connectivity index (χ4n) is 2.85. The van der Waals surface area contributed by atoms with Gasteiger partial charge in [-0.15, -0.1) is 0 Å². The molecule has 29 heavy (non-hydrogen) atoms. The number of nitrogens with zero attached hydrogens (tertiary/aromatic N) is 1. The minimum atomic E-state index is -0.500. The highest BCUT2D eigenvalue weighted by atomic mass is 35.5. The molecule has 1 fully saturated rings. The first-order valence-corrected chi connectivity index (χ1v) is 9.87. The number of halogens is 1. The number of amides is 3. The summed E-state index contributed by atoms with van der Waals surface area (Å²) >= 11 is 6.43. The summed E-state index contributed by atoms with van der Waals surface area (Å²) in [4.78, 5) is 26.2. The number of carbonyl (C=O) groups is 2. The van der Waals surface area contributed by atoms with Crippen LogP contribution in [0.4, 0.5) is 10.5 Å². The molecular formula is C22H23ClN2O4. The van der Waals surface area contributed by atoms with E-state index in [4.69, 9.17) is 21.1 Å². The predicted molar refractivity (Wildman–Crippen MR) is 113 cm³/mol. The van der Waals surface area contributed by atoms with Crippen molar-refractivity contribution < 1.29 is 19.1 Å². The highest BCUT2D eigenvalue weighted by Crippen LogP contribution is 2.38. The van der Waals surface area contributed by atoms with Crippen molar-refractivity contribution in [1.82, 2.24) is 5.32 Å². The molecule has 0 aromatic heterocycles. The predicted octanol–water partition coefficient (Wildman–Crippen LogP) is 5.01. The third-order valence-electron chi connectivity index (χ3n) is 4.43. The molecule has 6 nitrogen and oxygen atoms in total. The minimum absolute atomic E-state index is 0.0222. The number of hydrogen-bond acceptors (Lipinski definition) is 4. The zero-order chi connectivity index (χ0) is 21.0. The van der Waals surface area contributed by atoms with Crippen molar-refractivity contribution in [2.75, 3.05) is 11.5 Å². The first-order chi connectivity index (χ1) is 13.9. The summed E-state index contributed by atoms with van der Waals surface area (Å²) in [5.41, 5.74) is 1.28. The summed E-state index contributed by atoms with van der Waals surface area (Å²) in [6, 6.07) is 11.7. The maximum Gasteiger partial charge on any atom is 0.333 e. The van der Waals surface area contributed by atoms with E-state index in [1.165, 1.54) is 0 Å². The number of benzene rings is 2. The Labute approximate surface area is 175 Å². The lowest BCUT2D eigenvalue weighted by atomic mass is 10.1. The van der Waals surface area contributed by atoms with E-state index in [2.05, 4.69) is 5.32 Å². The van der Waals surface area contributed by atoms with Crippen LogP contribution in [-0.2, 0) is 4.79 Å². The van der Waals surface area contributed by atoms with E-state index in [9.17, 15) is 9.59 Å². The van der Waals surface area contributed by atoms with E-state index in [-0.39, 0.29) is 11.8 Å². The lowest BCUT2D eigenvalue weighted by Gasteiger charge is -2.18. The molecule has 0 radical (unpaired) electrons. The van der Waals surface area contributed by atoms with Crippen molar-refractivity contribution in [2.45, 2.75) is 33.3 Å². The Kier molecular flexibility index (Phi) is 6.44. The second-order valence-corrected chi connectivity index (χ2v) is 6.97. The van der Waals surface area contributed by atoms with Crippen LogP contribution >= 0.6 is 11.6 Å². The summed E-state index contributed by atoms with van der Waals surface area (Å²) in [6.07, 6.45) is 2.37. The third-order valence-corrected chi connectivity index (χ3v) is 4.71. The van der Waals surface area contributed by atoms with Gasteiger partial charge in [-0.2, -0.15) is 0 Å². The molecule has 0 unspecified atom stereocenters. The average Bonchev–Trinajstić information content (AvgIpc) is 2.98. The number of imide groups is 1. The normalized spacial score (nSPS) is 16.1. The summed E-state index contributed by atoms with van der Waals surface area (Å²) < 4.78 is 11.6. The standard InChI is InChI=1S/C22H23ClN2O4/c1-4-14(3)29-20-17(23)11-15(13-19(20)28-5-2)12-18-21(26)25(22(27)24-18)16-9-7-6-8-10-16/h6-14H,4-5H2,1-3H3,(H,24,27)/b18-12+/t14-/m0/s1. The van der Waals surface area contributed by atoms with Gasteiger partial charge in [-0.05, 0) is 56.2 Å². The smallest absolute Gasteiger partial charge is 0.333 e. The van der Waals surface area contributed by atoms with Crippen LogP contribution in [0.1, 0.15) is 32.8 Å². The molecule has 1 heterocycles. The van der Waals surface area contributed by atoms with Crippen LogP contribution in [0.2, 0.25) is 5.02 Å². The van der Waals surface area contributed by atoms with Crippen molar-refractivity contribution in [1.29, 1.82) is 0 Å². The van der Waals surface area contributed by atoms with Gasteiger partial charge >= 0.3 is 6.03 Å². The summed E-state index contributed by atoms with van der Waals surface area (Å²) in [7, 11) is 0. The zero-order valence-corrected chi connectivity index (χ0v) is 17.3. The number of urea groups is 1. The quantitative estimate of drug-likeness (QED) is 0.510. The van der Waals surface area contributed by atoms with Gasteiger partial charge in [0, 0.05) is 0 Å². The van der Waals surface area contributed by atoms with Crippen molar-refractivity contribution in [3.63, 3.8) is 0 Å². The maximum absolute atomic E-state index is 12.8. The van der Waals surface area contributed by atoms with Gasteiger partial charge in [-0.3, -0.25) is 4.79 Å². The van der Waals surface area contributed by atoms with E-state index in [1.807, 2.05) is 26.8 Å². The molecule has 0 saturated carbocycles. The Balaban J connectivity index is 1.94. The summed E-state index contributed by atoms with van der Waals surface area (Å²) in [5, 5.41) is 2.99. The number of para-hydroxylation sites is 1. The first-order valence-electron chi connectivity index (χ1n) is 9.49. The highest BCUT2D eigenvalue weighted by Gasteiger charge is 2.34. The number of rotatable bonds is 7. The minimum Gasteiger partial charge on any atom is -0.490 e. The second-order valence-electron chi connectivity index (χ2n) is 6.56. The Morgan fingerprint density at radius 3 is 2.55 bits per heavy atom. The largest absolute Gasteiger partial charge is 0.490 e. The fourth-order valence-corrected chi connectivity index (χ4v) is 3.11. The van der Waals surface area contributed by atoms with Crippen molar-refractivity contribution in [3.05, 3.63) is 58.7 Å². The molecule has 3 amide bonds. The molecule has 1 saturated heterocycles. The molecule has 0 bridgehead atoms. The number of anilines is 1. The number of carbonyl (C=O) groups excluding carboxylic acids is 2. The Morgan fingerprint density at radius 2 is 1.90 bits per heavy atom. The lowest BCUT2D eigenvalue weighted by Crippen LogP contribution is -2.30. The summed E-state index contributed by atoms with van der Waals surface area (Å²) in [5.74, 6) is 0.525. The van der Waals surface area contributed by atoms with Crippen LogP contribution in [0.3, 0.4) is 0 Å². The van der Waals surface area contributed by atoms with Crippen molar-refractivity contribution >= 4 is 35.3 Å². The van der Waals surface area contributed by atoms with E-state index in [0.717, 1.165) is 11.3 Å². The van der Waals surface area contributed by atoms with E-state index in [1.54, 1.807) is 42.5 Å². The molecular weight excluding hydrogens is 392 g/mol. The molecule has 0 aliphatic carbocycles. The van der Waals surface area contributed by atoms with Crippen LogP contribution in [0.15, 0.2) is 48.2 Å². The monoisotopic (exact) mass is 414 g/mol. The van der Waals surface area contributed by atoms with Crippen molar-refractivity contribution in [3.8, 4) is 11.5 Å². The SMILES string of the molecule is CCOc1cc(/C=C2/NC(=O)N(c3ccccc3)C2=O)cc(Cl)c1O[C@@H](C)CC. The van der Waals surface area contributed by atoms with Gasteiger partial charge in [-0.25, -0.2) is 9.69 Å². The molecule has 152 valence electrons. The lowest BCUT2D eigenvalue weighted by molar-refractivity contribution is -0.113. The van der Waals surface area contributed by atoms with Crippen LogP contribution < -0.4 is 19.7 Å². The molecule has 1 N–H and O–H groups in total. The van der Waals surface area contributed by atoms with E-state index in [0.29, 0.717) is 34.4 Å². The Bertz CT molecular complexity index is 943. The summed E-state index contributed by atoms with van der Waals surface area (Å²) in [6.45, 7) is 6.27. The van der Waals surface area contributed by atoms with Gasteiger partial charge in [0.2, 0.25) is 0 Å². The average molecular weight is 415 g/mol. The van der Waals surface area contributed by atoms with Crippen LogP contribution in [-0.4, -0.2) is 24.6 Å². The maximum atomic E-state index is 12.8. The number of ether oxygens (including phenoxy) is 2. The topological polar surface area (TPSA) is 67.9 Å². The highest BCUT2D eigenvalue weighted by molar-refractivity contribution is 6.32. The molecule has 1 aliphatic rings. The van der Waals surface area contributed by atoms with Gasteiger partial charge in [-0.1, -0.05) is 36.7 Å². The van der Waals surface area contributed by atoms with E-state index >= 15 is 0 Å². The molecule has 1 aliphatic heterocycles. The number of nitrogens with one attached hydrogen (secondary N) is 1. The van der Waals surface area contributed by atoms with Gasteiger partial charge in [0.1, 0.15) is 5.70 Å². The molecule has 2 aromatic rings. The van der Waals surface area contributed by atoms with Gasteiger partial charge in [0.05, 0.1) is 23.4 Å². The van der Waals surface area contributed by atoms with Crippen LogP contribution in [0, 0.1) is 0 Å². The molecule has 2 aromatic carbocycles. The van der Waals surface area contributed by atoms with E-state index < -0.39 is 11.9 Å². The second kappa shape index (κ2) is 9.01. The van der Waals surface area contributed by atoms with Crippen LogP contribution in [0.25, 0.3) is 6.08 Å². The van der Waals surface area contributed by atoms with Crippen molar-refractivity contribution in [2.24, 2.45) is 0 Å². The Hall–Kier alpha value is -2.99. The fraction of sp³-hybridized carbons (Fsp3) is 0.273. The van der Waals surface area contributed by atoms with Crippen LogP contribution in [0.5, 0.6) is 11.5 Å². The zero-order valence-electron chi connectivity index (χ0n) is 16.6. The van der Waals surface area contributed by atoms with Gasteiger partial charge < -0.3 is 14.8 Å². The van der Waals surface area contributed by atoms with Gasteiger partial charge in [0.15, 0.2) is 11.5 Å². The third kappa shape index (κ3) is 4.54. The molecule has 1 atom stereocenters. The molecule has 0 spiro atoms.